The second-order valence-electron chi connectivity index (χ2n) is 5.69. The van der Waals surface area contributed by atoms with Crippen LogP contribution in [0.15, 0.2) is 4.99 Å². The van der Waals surface area contributed by atoms with E-state index in [0.717, 1.165) is 12.8 Å². The molecule has 2 rings (SSSR count). The molecule has 0 aromatic carbocycles. The predicted octanol–water partition coefficient (Wildman–Crippen LogP) is -0.611. The lowest BCUT2D eigenvalue weighted by molar-refractivity contribution is -0.149. The van der Waals surface area contributed by atoms with E-state index in [1.165, 1.54) is 4.90 Å². The maximum Gasteiger partial charge on any atom is 0.324 e. The topological polar surface area (TPSA) is 103 Å². The van der Waals surface area contributed by atoms with E-state index in [-0.39, 0.29) is 30.4 Å². The summed E-state index contributed by atoms with van der Waals surface area (Å²) in [5.74, 6) is 0.320. The molecule has 3 amide bonds. The van der Waals surface area contributed by atoms with Crippen LogP contribution in [-0.2, 0) is 14.3 Å². The zero-order valence-corrected chi connectivity index (χ0v) is 14.2. The number of imide groups is 1. The number of nitrogens with zero attached hydrogens (tertiary/aromatic N) is 3. The SMILES string of the molecule is CCOC(=O)C1CCN(C(=NC)NCCN2C(=O)CNC2=O)CC1. The summed E-state index contributed by atoms with van der Waals surface area (Å²) >= 11 is 0. The number of ether oxygens (including phenoxy) is 1. The number of guanidine groups is 1. The summed E-state index contributed by atoms with van der Waals surface area (Å²) in [6.07, 6.45) is 1.46. The first-order valence-corrected chi connectivity index (χ1v) is 8.27. The first-order valence-electron chi connectivity index (χ1n) is 8.27. The molecule has 0 aliphatic carbocycles. The Labute approximate surface area is 141 Å². The average Bonchev–Trinajstić information content (AvgIpc) is 2.91. The molecule has 9 nitrogen and oxygen atoms in total. The number of nitrogens with one attached hydrogen (secondary N) is 2. The molecule has 0 unspecified atom stereocenters. The number of carbonyl (C=O) groups is 3. The summed E-state index contributed by atoms with van der Waals surface area (Å²) in [6.45, 7) is 4.44. The number of hydrogen-bond donors (Lipinski definition) is 2. The zero-order chi connectivity index (χ0) is 17.5. The largest absolute Gasteiger partial charge is 0.466 e. The highest BCUT2D eigenvalue weighted by molar-refractivity contribution is 6.01. The van der Waals surface area contributed by atoms with Crippen molar-refractivity contribution in [2.45, 2.75) is 19.8 Å². The molecule has 0 atom stereocenters. The van der Waals surface area contributed by atoms with Crippen molar-refractivity contribution in [3.8, 4) is 0 Å². The summed E-state index contributed by atoms with van der Waals surface area (Å²) < 4.78 is 5.07. The first kappa shape index (κ1) is 18.0. The molecule has 2 heterocycles. The Morgan fingerprint density at radius 2 is 2.08 bits per heavy atom. The number of aliphatic imine (C=N–C) groups is 1. The molecule has 9 heteroatoms. The Morgan fingerprint density at radius 3 is 2.62 bits per heavy atom. The standard InChI is InChI=1S/C15H25N5O4/c1-3-24-13(22)11-4-7-19(8-5-11)14(16-2)17-6-9-20-12(21)10-18-15(20)23/h11H,3-10H2,1-2H3,(H,16,17)(H,18,23). The van der Waals surface area contributed by atoms with Gasteiger partial charge in [0.2, 0.25) is 5.91 Å². The van der Waals surface area contributed by atoms with Crippen LogP contribution < -0.4 is 10.6 Å². The molecule has 0 bridgehead atoms. The van der Waals surface area contributed by atoms with E-state index in [1.54, 1.807) is 7.05 Å². The van der Waals surface area contributed by atoms with E-state index in [4.69, 9.17) is 4.74 Å². The van der Waals surface area contributed by atoms with Crippen molar-refractivity contribution in [2.75, 3.05) is 46.4 Å². The molecular weight excluding hydrogens is 314 g/mol. The van der Waals surface area contributed by atoms with Gasteiger partial charge in [-0.15, -0.1) is 0 Å². The summed E-state index contributed by atoms with van der Waals surface area (Å²) in [4.78, 5) is 42.2. The zero-order valence-electron chi connectivity index (χ0n) is 14.2. The quantitative estimate of drug-likeness (QED) is 0.300. The maximum atomic E-state index is 11.8. The van der Waals surface area contributed by atoms with Crippen molar-refractivity contribution in [2.24, 2.45) is 10.9 Å². The van der Waals surface area contributed by atoms with Gasteiger partial charge >= 0.3 is 12.0 Å². The maximum absolute atomic E-state index is 11.8. The van der Waals surface area contributed by atoms with Crippen molar-refractivity contribution in [1.29, 1.82) is 0 Å². The van der Waals surface area contributed by atoms with E-state index >= 15 is 0 Å². The Bertz CT molecular complexity index is 498. The summed E-state index contributed by atoms with van der Waals surface area (Å²) in [6, 6.07) is -0.355. The fourth-order valence-electron chi connectivity index (χ4n) is 2.88. The number of carbonyl (C=O) groups excluding carboxylic acids is 3. The summed E-state index contributed by atoms with van der Waals surface area (Å²) in [5, 5.41) is 5.65. The third-order valence-electron chi connectivity index (χ3n) is 4.18. The lowest BCUT2D eigenvalue weighted by Crippen LogP contribution is -2.48. The number of urea groups is 1. The van der Waals surface area contributed by atoms with Crippen LogP contribution in [0.3, 0.4) is 0 Å². The minimum Gasteiger partial charge on any atom is -0.466 e. The third-order valence-corrected chi connectivity index (χ3v) is 4.18. The average molecular weight is 339 g/mol. The smallest absolute Gasteiger partial charge is 0.324 e. The molecule has 0 aromatic rings. The molecule has 134 valence electrons. The highest BCUT2D eigenvalue weighted by Gasteiger charge is 2.29. The van der Waals surface area contributed by atoms with Gasteiger partial charge in [0.05, 0.1) is 19.1 Å². The molecule has 2 N–H and O–H groups in total. The molecule has 24 heavy (non-hydrogen) atoms. The van der Waals surface area contributed by atoms with Crippen molar-refractivity contribution in [3.05, 3.63) is 0 Å². The molecule has 2 fully saturated rings. The number of esters is 1. The van der Waals surface area contributed by atoms with Crippen LogP contribution in [0, 0.1) is 5.92 Å². The fraction of sp³-hybridized carbons (Fsp3) is 0.733. The van der Waals surface area contributed by atoms with Crippen LogP contribution in [0.25, 0.3) is 0 Å². The van der Waals surface area contributed by atoms with E-state index in [2.05, 4.69) is 20.5 Å². The molecule has 2 saturated heterocycles. The number of rotatable bonds is 5. The van der Waals surface area contributed by atoms with Crippen LogP contribution in [0.4, 0.5) is 4.79 Å². The van der Waals surface area contributed by atoms with Crippen molar-refractivity contribution in [3.63, 3.8) is 0 Å². The van der Waals surface area contributed by atoms with Crippen LogP contribution in [0.5, 0.6) is 0 Å². The van der Waals surface area contributed by atoms with Gasteiger partial charge in [-0.2, -0.15) is 0 Å². The van der Waals surface area contributed by atoms with E-state index in [0.29, 0.717) is 38.7 Å². The fourth-order valence-corrected chi connectivity index (χ4v) is 2.88. The number of hydrogen-bond acceptors (Lipinski definition) is 5. The van der Waals surface area contributed by atoms with Gasteiger partial charge in [-0.3, -0.25) is 19.5 Å². The van der Waals surface area contributed by atoms with Gasteiger partial charge in [0.15, 0.2) is 5.96 Å². The molecule has 0 radical (unpaired) electrons. The van der Waals surface area contributed by atoms with Crippen LogP contribution in [0.1, 0.15) is 19.8 Å². The number of piperidine rings is 1. The Kier molecular flexibility index (Phi) is 6.39. The van der Waals surface area contributed by atoms with Crippen molar-refractivity contribution < 1.29 is 19.1 Å². The molecule has 0 spiro atoms. The monoisotopic (exact) mass is 339 g/mol. The van der Waals surface area contributed by atoms with Gasteiger partial charge < -0.3 is 20.3 Å². The molecule has 2 aliphatic heterocycles. The Morgan fingerprint density at radius 1 is 1.38 bits per heavy atom. The minimum atomic E-state index is -0.355. The van der Waals surface area contributed by atoms with Gasteiger partial charge in [-0.25, -0.2) is 4.79 Å². The van der Waals surface area contributed by atoms with Crippen LogP contribution >= 0.6 is 0 Å². The third kappa shape index (κ3) is 4.36. The molecule has 0 aromatic heterocycles. The van der Waals surface area contributed by atoms with Crippen LogP contribution in [0.2, 0.25) is 0 Å². The van der Waals surface area contributed by atoms with Gasteiger partial charge in [0, 0.05) is 33.2 Å². The Balaban J connectivity index is 1.76. The number of amides is 3. The predicted molar refractivity (Wildman–Crippen MR) is 87.4 cm³/mol. The van der Waals surface area contributed by atoms with E-state index < -0.39 is 0 Å². The van der Waals surface area contributed by atoms with Crippen molar-refractivity contribution in [1.82, 2.24) is 20.4 Å². The van der Waals surface area contributed by atoms with Gasteiger partial charge in [-0.05, 0) is 19.8 Å². The highest BCUT2D eigenvalue weighted by atomic mass is 16.5. The minimum absolute atomic E-state index is 0.0507. The highest BCUT2D eigenvalue weighted by Crippen LogP contribution is 2.18. The normalized spacial score (nSPS) is 19.5. The van der Waals surface area contributed by atoms with Crippen molar-refractivity contribution >= 4 is 23.9 Å². The second-order valence-corrected chi connectivity index (χ2v) is 5.69. The van der Waals surface area contributed by atoms with E-state index in [9.17, 15) is 14.4 Å². The number of likely N-dealkylation sites (tertiary alicyclic amines) is 1. The van der Waals surface area contributed by atoms with Gasteiger partial charge in [0.1, 0.15) is 0 Å². The van der Waals surface area contributed by atoms with Gasteiger partial charge in [0.25, 0.3) is 0 Å². The molecule has 2 aliphatic rings. The Hall–Kier alpha value is -2.32. The molecular formula is C15H25N5O4. The first-order chi connectivity index (χ1) is 11.6. The summed E-state index contributed by atoms with van der Waals surface area (Å²) in [7, 11) is 1.69. The second kappa shape index (κ2) is 8.51. The van der Waals surface area contributed by atoms with Gasteiger partial charge in [-0.1, -0.05) is 0 Å². The van der Waals surface area contributed by atoms with E-state index in [1.807, 2.05) is 6.92 Å². The summed E-state index contributed by atoms with van der Waals surface area (Å²) in [5.41, 5.74) is 0. The van der Waals surface area contributed by atoms with Crippen LogP contribution in [-0.4, -0.2) is 80.0 Å². The lowest BCUT2D eigenvalue weighted by atomic mass is 9.97. The molecule has 0 saturated carbocycles. The lowest BCUT2D eigenvalue weighted by Gasteiger charge is -2.33.